The summed E-state index contributed by atoms with van der Waals surface area (Å²) in [5.74, 6) is 4.47. The quantitative estimate of drug-likeness (QED) is 0.678. The van der Waals surface area contributed by atoms with Crippen molar-refractivity contribution in [2.45, 2.75) is 19.4 Å². The molecule has 0 radical (unpaired) electrons. The van der Waals surface area contributed by atoms with E-state index in [2.05, 4.69) is 11.8 Å². The number of fused-ring (bicyclic) bond motifs is 1. The lowest BCUT2D eigenvalue weighted by Crippen LogP contribution is -2.34. The van der Waals surface area contributed by atoms with Crippen molar-refractivity contribution in [2.24, 2.45) is 0 Å². The highest BCUT2D eigenvalue weighted by molar-refractivity contribution is 6.07. The predicted molar refractivity (Wildman–Crippen MR) is 80.4 cm³/mol. The highest BCUT2D eigenvalue weighted by Gasteiger charge is 2.29. The zero-order valence-electron chi connectivity index (χ0n) is 11.6. The van der Waals surface area contributed by atoms with Crippen molar-refractivity contribution < 1.29 is 9.18 Å². The first-order chi connectivity index (χ1) is 10.2. The van der Waals surface area contributed by atoms with Gasteiger partial charge in [-0.3, -0.25) is 9.69 Å². The number of amides is 1. The Labute approximate surface area is 123 Å². The molecule has 0 N–H and O–H groups in total. The minimum absolute atomic E-state index is 0.0739. The fourth-order valence-corrected chi connectivity index (χ4v) is 2.62. The minimum atomic E-state index is -0.410. The van der Waals surface area contributed by atoms with E-state index >= 15 is 0 Å². The molecule has 3 rings (SSSR count). The molecule has 0 saturated heterocycles. The zero-order chi connectivity index (χ0) is 14.8. The Bertz CT molecular complexity index is 757. The standard InChI is InChI=1S/C18H14FNO/c1-13-12-15-7-3-5-9-17(15)20(13)18(21)11-10-14-6-2-4-8-16(14)19/h2-9,13H,12H2,1H3. The molecule has 0 saturated carbocycles. The van der Waals surface area contributed by atoms with Gasteiger partial charge in [-0.05, 0) is 37.1 Å². The van der Waals surface area contributed by atoms with Gasteiger partial charge in [-0.25, -0.2) is 4.39 Å². The predicted octanol–water partition coefficient (Wildman–Crippen LogP) is 3.16. The molecule has 1 amide bonds. The van der Waals surface area contributed by atoms with E-state index in [0.717, 1.165) is 17.7 Å². The van der Waals surface area contributed by atoms with E-state index in [1.54, 1.807) is 23.1 Å². The van der Waals surface area contributed by atoms with Crippen molar-refractivity contribution in [1.29, 1.82) is 0 Å². The Morgan fingerprint density at radius 2 is 1.90 bits per heavy atom. The summed E-state index contributed by atoms with van der Waals surface area (Å²) in [5.41, 5.74) is 2.29. The monoisotopic (exact) mass is 279 g/mol. The van der Waals surface area contributed by atoms with E-state index < -0.39 is 5.82 Å². The van der Waals surface area contributed by atoms with E-state index in [-0.39, 0.29) is 17.5 Å². The van der Waals surface area contributed by atoms with Crippen molar-refractivity contribution in [1.82, 2.24) is 0 Å². The second-order valence-electron chi connectivity index (χ2n) is 5.09. The van der Waals surface area contributed by atoms with Crippen molar-refractivity contribution in [3.8, 4) is 11.8 Å². The van der Waals surface area contributed by atoms with E-state index in [0.29, 0.717) is 0 Å². The second kappa shape index (κ2) is 5.41. The van der Waals surface area contributed by atoms with Crippen LogP contribution in [0, 0.1) is 17.7 Å². The van der Waals surface area contributed by atoms with Crippen LogP contribution in [0.25, 0.3) is 0 Å². The van der Waals surface area contributed by atoms with Crippen molar-refractivity contribution in [3.63, 3.8) is 0 Å². The number of anilines is 1. The van der Waals surface area contributed by atoms with Crippen molar-refractivity contribution >= 4 is 11.6 Å². The van der Waals surface area contributed by atoms with Gasteiger partial charge in [0.25, 0.3) is 0 Å². The van der Waals surface area contributed by atoms with Gasteiger partial charge in [0, 0.05) is 17.6 Å². The summed E-state index contributed by atoms with van der Waals surface area (Å²) in [6.07, 6.45) is 0.823. The van der Waals surface area contributed by atoms with Crippen LogP contribution in [0.2, 0.25) is 0 Å². The third kappa shape index (κ3) is 2.53. The normalized spacial score (nSPS) is 16.1. The van der Waals surface area contributed by atoms with Gasteiger partial charge < -0.3 is 0 Å². The number of benzene rings is 2. The SMILES string of the molecule is CC1Cc2ccccc2N1C(=O)C#Cc1ccccc1F. The molecule has 1 heterocycles. The molecular weight excluding hydrogens is 265 g/mol. The average molecular weight is 279 g/mol. The van der Waals surface area contributed by atoms with Gasteiger partial charge in [0.1, 0.15) is 5.82 Å². The number of hydrogen-bond donors (Lipinski definition) is 0. The molecule has 1 atom stereocenters. The van der Waals surface area contributed by atoms with Crippen molar-refractivity contribution in [2.75, 3.05) is 4.90 Å². The third-order valence-electron chi connectivity index (χ3n) is 3.60. The molecular formula is C18H14FNO. The van der Waals surface area contributed by atoms with Crippen LogP contribution in [-0.2, 0) is 11.2 Å². The Hall–Kier alpha value is -2.60. The largest absolute Gasteiger partial charge is 0.303 e. The lowest BCUT2D eigenvalue weighted by Gasteiger charge is -2.19. The first-order valence-corrected chi connectivity index (χ1v) is 6.84. The Balaban J connectivity index is 1.89. The van der Waals surface area contributed by atoms with Gasteiger partial charge in [0.15, 0.2) is 0 Å². The van der Waals surface area contributed by atoms with Gasteiger partial charge in [0.2, 0.25) is 0 Å². The van der Waals surface area contributed by atoms with Crippen LogP contribution >= 0.6 is 0 Å². The molecule has 104 valence electrons. The van der Waals surface area contributed by atoms with Gasteiger partial charge in [-0.2, -0.15) is 0 Å². The van der Waals surface area contributed by atoms with Gasteiger partial charge in [0.05, 0.1) is 5.56 Å². The average Bonchev–Trinajstić information content (AvgIpc) is 2.82. The Kier molecular flexibility index (Phi) is 3.45. The molecule has 2 aromatic carbocycles. The summed E-state index contributed by atoms with van der Waals surface area (Å²) in [4.78, 5) is 14.0. The van der Waals surface area contributed by atoms with Crippen LogP contribution < -0.4 is 4.90 Å². The second-order valence-corrected chi connectivity index (χ2v) is 5.09. The maximum Gasteiger partial charge on any atom is 0.303 e. The summed E-state index contributed by atoms with van der Waals surface area (Å²) in [5, 5.41) is 0. The molecule has 0 aliphatic carbocycles. The topological polar surface area (TPSA) is 20.3 Å². The molecule has 0 fully saturated rings. The number of hydrogen-bond acceptors (Lipinski definition) is 1. The summed E-state index contributed by atoms with van der Waals surface area (Å²) in [7, 11) is 0. The molecule has 21 heavy (non-hydrogen) atoms. The van der Waals surface area contributed by atoms with Crippen LogP contribution in [0.1, 0.15) is 18.1 Å². The number of para-hydroxylation sites is 1. The van der Waals surface area contributed by atoms with E-state index in [9.17, 15) is 9.18 Å². The lowest BCUT2D eigenvalue weighted by molar-refractivity contribution is -0.113. The maximum atomic E-state index is 13.5. The summed E-state index contributed by atoms with van der Waals surface area (Å²) in [6, 6.07) is 14.1. The first kappa shape index (κ1) is 13.4. The van der Waals surface area contributed by atoms with E-state index in [1.165, 1.54) is 6.07 Å². The molecule has 0 aromatic heterocycles. The fraction of sp³-hybridized carbons (Fsp3) is 0.167. The molecule has 0 spiro atoms. The van der Waals surface area contributed by atoms with Crippen LogP contribution in [0.4, 0.5) is 10.1 Å². The lowest BCUT2D eigenvalue weighted by atomic mass is 10.1. The van der Waals surface area contributed by atoms with E-state index in [1.807, 2.05) is 31.2 Å². The summed E-state index contributed by atoms with van der Waals surface area (Å²) < 4.78 is 13.5. The molecule has 0 bridgehead atoms. The molecule has 3 heteroatoms. The third-order valence-corrected chi connectivity index (χ3v) is 3.60. The smallest absolute Gasteiger partial charge is 0.298 e. The maximum absolute atomic E-state index is 13.5. The van der Waals surface area contributed by atoms with Crippen LogP contribution in [0.15, 0.2) is 48.5 Å². The highest BCUT2D eigenvalue weighted by atomic mass is 19.1. The molecule has 2 aromatic rings. The van der Waals surface area contributed by atoms with E-state index in [4.69, 9.17) is 0 Å². The van der Waals surface area contributed by atoms with Gasteiger partial charge in [-0.15, -0.1) is 0 Å². The molecule has 1 aliphatic rings. The molecule has 2 nitrogen and oxygen atoms in total. The fourth-order valence-electron chi connectivity index (χ4n) is 2.62. The van der Waals surface area contributed by atoms with Crippen LogP contribution in [-0.4, -0.2) is 11.9 Å². The number of rotatable bonds is 0. The van der Waals surface area contributed by atoms with Gasteiger partial charge in [-0.1, -0.05) is 36.3 Å². The number of nitrogens with zero attached hydrogens (tertiary/aromatic N) is 1. The number of halogens is 1. The van der Waals surface area contributed by atoms with Crippen LogP contribution in [0.3, 0.4) is 0 Å². The summed E-state index contributed by atoms with van der Waals surface area (Å²) >= 11 is 0. The Morgan fingerprint density at radius 1 is 1.19 bits per heavy atom. The molecule has 1 aliphatic heterocycles. The number of carbonyl (C=O) groups excluding carboxylic acids is 1. The summed E-state index contributed by atoms with van der Waals surface area (Å²) in [6.45, 7) is 1.99. The van der Waals surface area contributed by atoms with Gasteiger partial charge >= 0.3 is 5.91 Å². The Morgan fingerprint density at radius 3 is 2.71 bits per heavy atom. The minimum Gasteiger partial charge on any atom is -0.298 e. The number of carbonyl (C=O) groups is 1. The highest BCUT2D eigenvalue weighted by Crippen LogP contribution is 2.31. The zero-order valence-corrected chi connectivity index (χ0v) is 11.6. The van der Waals surface area contributed by atoms with Crippen molar-refractivity contribution in [3.05, 3.63) is 65.5 Å². The molecule has 1 unspecified atom stereocenters. The van der Waals surface area contributed by atoms with Crippen LogP contribution in [0.5, 0.6) is 0 Å². The first-order valence-electron chi connectivity index (χ1n) is 6.84.